The van der Waals surface area contributed by atoms with Crippen LogP contribution in [0.3, 0.4) is 0 Å². The van der Waals surface area contributed by atoms with Crippen LogP contribution < -0.4 is 10.9 Å². The van der Waals surface area contributed by atoms with E-state index >= 15 is 0 Å². The number of para-hydroxylation sites is 1. The van der Waals surface area contributed by atoms with Crippen LogP contribution in [0.1, 0.15) is 27.2 Å². The molecule has 1 unspecified atom stereocenters. The van der Waals surface area contributed by atoms with Gasteiger partial charge in [0.05, 0.1) is 22.8 Å². The van der Waals surface area contributed by atoms with Gasteiger partial charge in [-0.15, -0.1) is 0 Å². The van der Waals surface area contributed by atoms with Gasteiger partial charge in [0.25, 0.3) is 5.56 Å². The van der Waals surface area contributed by atoms with Gasteiger partial charge in [-0.1, -0.05) is 12.1 Å². The van der Waals surface area contributed by atoms with E-state index in [4.69, 9.17) is 4.74 Å². The van der Waals surface area contributed by atoms with Crippen LogP contribution in [0.25, 0.3) is 10.9 Å². The molecule has 120 valence electrons. The molecular weight excluding hydrogens is 278 g/mol. The summed E-state index contributed by atoms with van der Waals surface area (Å²) in [6, 6.07) is 7.62. The molecule has 5 heteroatoms. The third kappa shape index (κ3) is 4.15. The zero-order valence-corrected chi connectivity index (χ0v) is 13.8. The van der Waals surface area contributed by atoms with Crippen LogP contribution in [0, 0.1) is 0 Å². The maximum Gasteiger partial charge on any atom is 0.261 e. The average molecular weight is 303 g/mol. The van der Waals surface area contributed by atoms with Gasteiger partial charge in [0.15, 0.2) is 0 Å². The Balaban J connectivity index is 1.99. The lowest BCUT2D eigenvalue weighted by Gasteiger charge is -2.24. The molecule has 2 aromatic rings. The molecule has 0 radical (unpaired) electrons. The van der Waals surface area contributed by atoms with Crippen molar-refractivity contribution >= 4 is 10.9 Å². The predicted octanol–water partition coefficient (Wildman–Crippen LogP) is 2.19. The first-order chi connectivity index (χ1) is 10.4. The van der Waals surface area contributed by atoms with Crippen LogP contribution in [0.5, 0.6) is 0 Å². The summed E-state index contributed by atoms with van der Waals surface area (Å²) in [7, 11) is 1.73. The van der Waals surface area contributed by atoms with Gasteiger partial charge in [-0.05, 0) is 45.9 Å². The van der Waals surface area contributed by atoms with E-state index in [1.165, 1.54) is 0 Å². The van der Waals surface area contributed by atoms with E-state index in [1.54, 1.807) is 18.0 Å². The molecular formula is C17H25N3O2. The zero-order valence-electron chi connectivity index (χ0n) is 13.8. The van der Waals surface area contributed by atoms with Gasteiger partial charge < -0.3 is 10.1 Å². The minimum absolute atomic E-state index is 0.0106. The summed E-state index contributed by atoms with van der Waals surface area (Å²) in [5, 5.41) is 4.09. The molecule has 1 N–H and O–H groups in total. The molecule has 0 aliphatic carbocycles. The van der Waals surface area contributed by atoms with Gasteiger partial charge in [-0.25, -0.2) is 4.98 Å². The van der Waals surface area contributed by atoms with Gasteiger partial charge in [0.2, 0.25) is 0 Å². The Morgan fingerprint density at radius 1 is 1.36 bits per heavy atom. The monoisotopic (exact) mass is 303 g/mol. The smallest absolute Gasteiger partial charge is 0.261 e. The lowest BCUT2D eigenvalue weighted by atomic mass is 10.1. The van der Waals surface area contributed by atoms with Crippen molar-refractivity contribution in [2.45, 2.75) is 45.4 Å². The number of fused-ring (bicyclic) bond motifs is 1. The van der Waals surface area contributed by atoms with Crippen molar-refractivity contribution in [2.75, 3.05) is 13.7 Å². The van der Waals surface area contributed by atoms with E-state index in [9.17, 15) is 4.79 Å². The number of nitrogens with one attached hydrogen (secondary N) is 1. The van der Waals surface area contributed by atoms with E-state index < -0.39 is 0 Å². The highest BCUT2D eigenvalue weighted by Gasteiger charge is 2.16. The van der Waals surface area contributed by atoms with E-state index in [1.807, 2.05) is 24.3 Å². The molecule has 0 saturated carbocycles. The predicted molar refractivity (Wildman–Crippen MR) is 89.2 cm³/mol. The molecule has 1 atom stereocenters. The molecule has 1 heterocycles. The normalized spacial score (nSPS) is 13.5. The SMILES string of the molecule is COC(C)(C)CCNC(C)Cn1cnc2ccccc2c1=O. The van der Waals surface area contributed by atoms with Gasteiger partial charge in [0.1, 0.15) is 0 Å². The molecule has 0 bridgehead atoms. The second kappa shape index (κ2) is 7.03. The average Bonchev–Trinajstić information content (AvgIpc) is 2.50. The van der Waals surface area contributed by atoms with Crippen LogP contribution in [0.4, 0.5) is 0 Å². The van der Waals surface area contributed by atoms with E-state index in [-0.39, 0.29) is 17.2 Å². The zero-order chi connectivity index (χ0) is 16.2. The third-order valence-electron chi connectivity index (χ3n) is 3.97. The minimum atomic E-state index is -0.131. The van der Waals surface area contributed by atoms with Crippen molar-refractivity contribution < 1.29 is 4.74 Å². The third-order valence-corrected chi connectivity index (χ3v) is 3.97. The first kappa shape index (κ1) is 16.6. The van der Waals surface area contributed by atoms with Crippen LogP contribution in [-0.4, -0.2) is 34.8 Å². The topological polar surface area (TPSA) is 56.1 Å². The lowest BCUT2D eigenvalue weighted by Crippen LogP contribution is -2.37. The number of hydrogen-bond donors (Lipinski definition) is 1. The van der Waals surface area contributed by atoms with Crippen molar-refractivity contribution in [2.24, 2.45) is 0 Å². The van der Waals surface area contributed by atoms with E-state index in [0.717, 1.165) is 18.5 Å². The molecule has 0 aliphatic heterocycles. The van der Waals surface area contributed by atoms with Crippen LogP contribution >= 0.6 is 0 Å². The van der Waals surface area contributed by atoms with Crippen LogP contribution in [-0.2, 0) is 11.3 Å². The minimum Gasteiger partial charge on any atom is -0.379 e. The van der Waals surface area contributed by atoms with Gasteiger partial charge in [0, 0.05) is 19.7 Å². The lowest BCUT2D eigenvalue weighted by molar-refractivity contribution is 0.0153. The second-order valence-electron chi connectivity index (χ2n) is 6.29. The Morgan fingerprint density at radius 2 is 2.09 bits per heavy atom. The van der Waals surface area contributed by atoms with Gasteiger partial charge >= 0.3 is 0 Å². The standard InChI is InChI=1S/C17H25N3O2/c1-13(18-10-9-17(2,3)22-4)11-20-12-19-15-8-6-5-7-14(15)16(20)21/h5-8,12-13,18H,9-11H2,1-4H3. The Labute approximate surface area is 131 Å². The summed E-state index contributed by atoms with van der Waals surface area (Å²) in [5.41, 5.74) is 0.622. The number of ether oxygens (including phenoxy) is 1. The highest BCUT2D eigenvalue weighted by Crippen LogP contribution is 2.11. The first-order valence-electron chi connectivity index (χ1n) is 7.66. The maximum atomic E-state index is 12.4. The highest BCUT2D eigenvalue weighted by molar-refractivity contribution is 5.76. The number of methoxy groups -OCH3 is 1. The van der Waals surface area contributed by atoms with E-state index in [0.29, 0.717) is 11.9 Å². The number of nitrogens with zero attached hydrogens (tertiary/aromatic N) is 2. The number of rotatable bonds is 7. The van der Waals surface area contributed by atoms with E-state index in [2.05, 4.69) is 31.1 Å². The number of aromatic nitrogens is 2. The summed E-state index contributed by atoms with van der Waals surface area (Å²) in [6.07, 6.45) is 2.54. The molecule has 0 spiro atoms. The van der Waals surface area contributed by atoms with Crippen LogP contribution in [0.15, 0.2) is 35.4 Å². The Bertz CT molecular complexity index is 679. The molecule has 5 nitrogen and oxygen atoms in total. The Hall–Kier alpha value is -1.72. The molecule has 1 aromatic heterocycles. The molecule has 0 saturated heterocycles. The fourth-order valence-corrected chi connectivity index (χ4v) is 2.32. The van der Waals surface area contributed by atoms with Crippen molar-refractivity contribution in [3.05, 3.63) is 40.9 Å². The highest BCUT2D eigenvalue weighted by atomic mass is 16.5. The summed E-state index contributed by atoms with van der Waals surface area (Å²) in [6.45, 7) is 7.65. The Morgan fingerprint density at radius 3 is 2.82 bits per heavy atom. The van der Waals surface area contributed by atoms with Crippen molar-refractivity contribution in [3.8, 4) is 0 Å². The molecule has 2 rings (SSSR count). The van der Waals surface area contributed by atoms with Gasteiger partial charge in [-0.3, -0.25) is 9.36 Å². The quantitative estimate of drug-likeness (QED) is 0.852. The largest absolute Gasteiger partial charge is 0.379 e. The number of benzene rings is 1. The molecule has 1 aromatic carbocycles. The number of hydrogen-bond acceptors (Lipinski definition) is 4. The van der Waals surface area contributed by atoms with Crippen molar-refractivity contribution in [1.82, 2.24) is 14.9 Å². The summed E-state index contributed by atoms with van der Waals surface area (Å²) < 4.78 is 7.07. The fourth-order valence-electron chi connectivity index (χ4n) is 2.32. The summed E-state index contributed by atoms with van der Waals surface area (Å²) >= 11 is 0. The maximum absolute atomic E-state index is 12.4. The molecule has 22 heavy (non-hydrogen) atoms. The van der Waals surface area contributed by atoms with Gasteiger partial charge in [-0.2, -0.15) is 0 Å². The Kier molecular flexibility index (Phi) is 5.32. The van der Waals surface area contributed by atoms with Crippen LogP contribution in [0.2, 0.25) is 0 Å². The van der Waals surface area contributed by atoms with Crippen molar-refractivity contribution in [3.63, 3.8) is 0 Å². The molecule has 0 amide bonds. The van der Waals surface area contributed by atoms with Crippen molar-refractivity contribution in [1.29, 1.82) is 0 Å². The summed E-state index contributed by atoms with van der Waals surface area (Å²) in [4.78, 5) is 16.8. The summed E-state index contributed by atoms with van der Waals surface area (Å²) in [5.74, 6) is 0. The second-order valence-corrected chi connectivity index (χ2v) is 6.29. The molecule has 0 aliphatic rings. The first-order valence-corrected chi connectivity index (χ1v) is 7.66. The molecule has 0 fully saturated rings. The fraction of sp³-hybridized carbons (Fsp3) is 0.529.